The molecule has 0 aliphatic heterocycles. The summed E-state index contributed by atoms with van der Waals surface area (Å²) in [5, 5.41) is 0. The quantitative estimate of drug-likeness (QED) is 0.805. The smallest absolute Gasteiger partial charge is 0.341 e. The van der Waals surface area contributed by atoms with Gasteiger partial charge in [-0.2, -0.15) is 0 Å². The minimum absolute atomic E-state index is 0.346. The van der Waals surface area contributed by atoms with Crippen LogP contribution in [0.1, 0.15) is 34.4 Å². The minimum Gasteiger partial charge on any atom is -0.462 e. The maximum Gasteiger partial charge on any atom is 0.341 e. The van der Waals surface area contributed by atoms with Crippen molar-refractivity contribution in [3.63, 3.8) is 0 Å². The maximum atomic E-state index is 11.7. The third-order valence-corrected chi connectivity index (χ3v) is 3.33. The molecule has 0 saturated heterocycles. The summed E-state index contributed by atoms with van der Waals surface area (Å²) >= 11 is 3.40. The van der Waals surface area contributed by atoms with Crippen LogP contribution in [0, 0.1) is 6.92 Å². The number of benzene rings is 1. The van der Waals surface area contributed by atoms with Crippen molar-refractivity contribution in [2.75, 3.05) is 6.61 Å². The minimum atomic E-state index is -0.375. The molecule has 0 atom stereocenters. The Morgan fingerprint density at radius 1 is 1.30 bits per heavy atom. The van der Waals surface area contributed by atoms with Gasteiger partial charge in [0.1, 0.15) is 5.82 Å². The monoisotopic (exact) mass is 334 g/mol. The molecule has 0 fully saturated rings. The van der Waals surface area contributed by atoms with Crippen LogP contribution in [0.15, 0.2) is 34.9 Å². The maximum absolute atomic E-state index is 11.7. The molecular formula is C15H15BrN2O2. The van der Waals surface area contributed by atoms with Crippen LogP contribution >= 0.6 is 15.9 Å². The molecule has 0 aliphatic rings. The van der Waals surface area contributed by atoms with Gasteiger partial charge in [0.2, 0.25) is 0 Å². The van der Waals surface area contributed by atoms with Crippen LogP contribution in [0.5, 0.6) is 0 Å². The lowest BCUT2D eigenvalue weighted by Crippen LogP contribution is -2.10. The van der Waals surface area contributed by atoms with Gasteiger partial charge in [0, 0.05) is 17.1 Å². The molecule has 20 heavy (non-hydrogen) atoms. The van der Waals surface area contributed by atoms with Gasteiger partial charge in [-0.05, 0) is 31.5 Å². The van der Waals surface area contributed by atoms with Crippen LogP contribution < -0.4 is 0 Å². The second-order valence-electron chi connectivity index (χ2n) is 4.31. The summed E-state index contributed by atoms with van der Waals surface area (Å²) in [6.07, 6.45) is 2.17. The molecule has 0 aliphatic carbocycles. The fourth-order valence-electron chi connectivity index (χ4n) is 1.79. The molecule has 0 N–H and O–H groups in total. The van der Waals surface area contributed by atoms with E-state index in [0.717, 1.165) is 10.0 Å². The Hall–Kier alpha value is -1.75. The first-order chi connectivity index (χ1) is 9.60. The third-order valence-electron chi connectivity index (χ3n) is 2.80. The van der Waals surface area contributed by atoms with Crippen molar-refractivity contribution >= 4 is 21.9 Å². The largest absolute Gasteiger partial charge is 0.462 e. The zero-order valence-electron chi connectivity index (χ0n) is 11.4. The van der Waals surface area contributed by atoms with Gasteiger partial charge in [0.15, 0.2) is 0 Å². The molecule has 4 nitrogen and oxygen atoms in total. The van der Waals surface area contributed by atoms with Crippen LogP contribution in [0.4, 0.5) is 0 Å². The Labute approximate surface area is 126 Å². The standard InChI is InChI=1S/C15H15BrN2O2/c1-3-20-15(19)13-9-17-14(18-10(13)2)8-11-4-6-12(16)7-5-11/h4-7,9H,3,8H2,1-2H3. The van der Waals surface area contributed by atoms with Crippen LogP contribution in [-0.4, -0.2) is 22.5 Å². The van der Waals surface area contributed by atoms with Crippen LogP contribution in [0.3, 0.4) is 0 Å². The first kappa shape index (κ1) is 14.7. The van der Waals surface area contributed by atoms with E-state index < -0.39 is 0 Å². The Kier molecular flexibility index (Phi) is 4.84. The summed E-state index contributed by atoms with van der Waals surface area (Å²) in [6.45, 7) is 3.91. The molecule has 0 spiro atoms. The van der Waals surface area contributed by atoms with Gasteiger partial charge in [-0.15, -0.1) is 0 Å². The van der Waals surface area contributed by atoms with Gasteiger partial charge < -0.3 is 4.74 Å². The topological polar surface area (TPSA) is 52.1 Å². The van der Waals surface area contributed by atoms with Crippen LogP contribution in [0.25, 0.3) is 0 Å². The predicted molar refractivity (Wildman–Crippen MR) is 79.7 cm³/mol. The number of halogens is 1. The number of hydrogen-bond donors (Lipinski definition) is 0. The molecule has 1 aromatic heterocycles. The number of aryl methyl sites for hydroxylation is 1. The van der Waals surface area contributed by atoms with Gasteiger partial charge in [-0.25, -0.2) is 14.8 Å². The highest BCUT2D eigenvalue weighted by Crippen LogP contribution is 2.13. The Bertz CT molecular complexity index is 612. The van der Waals surface area contributed by atoms with Gasteiger partial charge in [-0.1, -0.05) is 28.1 Å². The number of rotatable bonds is 4. The van der Waals surface area contributed by atoms with Gasteiger partial charge in [0.05, 0.1) is 17.9 Å². The summed E-state index contributed by atoms with van der Waals surface area (Å²) < 4.78 is 5.99. The van der Waals surface area contributed by atoms with E-state index in [9.17, 15) is 4.79 Å². The molecule has 1 heterocycles. The predicted octanol–water partition coefficient (Wildman–Crippen LogP) is 3.32. The number of ether oxygens (including phenoxy) is 1. The molecule has 104 valence electrons. The third kappa shape index (κ3) is 3.63. The van der Waals surface area contributed by atoms with E-state index in [0.29, 0.717) is 30.1 Å². The second-order valence-corrected chi connectivity index (χ2v) is 5.22. The molecule has 5 heteroatoms. The van der Waals surface area contributed by atoms with Crippen molar-refractivity contribution in [3.05, 3.63) is 57.6 Å². The van der Waals surface area contributed by atoms with Crippen molar-refractivity contribution in [2.45, 2.75) is 20.3 Å². The zero-order valence-corrected chi connectivity index (χ0v) is 13.0. The van der Waals surface area contributed by atoms with E-state index in [1.807, 2.05) is 24.3 Å². The first-order valence-corrected chi connectivity index (χ1v) is 7.13. The van der Waals surface area contributed by atoms with Crippen LogP contribution in [0.2, 0.25) is 0 Å². The highest BCUT2D eigenvalue weighted by Gasteiger charge is 2.12. The van der Waals surface area contributed by atoms with Crippen molar-refractivity contribution in [2.24, 2.45) is 0 Å². The highest BCUT2D eigenvalue weighted by atomic mass is 79.9. The Balaban J connectivity index is 2.16. The van der Waals surface area contributed by atoms with Crippen molar-refractivity contribution in [1.82, 2.24) is 9.97 Å². The lowest BCUT2D eigenvalue weighted by atomic mass is 10.1. The molecule has 0 unspecified atom stereocenters. The average molecular weight is 335 g/mol. The van der Waals surface area contributed by atoms with Crippen molar-refractivity contribution < 1.29 is 9.53 Å². The summed E-state index contributed by atoms with van der Waals surface area (Å²) in [5.41, 5.74) is 2.19. The molecule has 0 bridgehead atoms. The van der Waals surface area contributed by atoms with E-state index in [1.165, 1.54) is 6.20 Å². The fourth-order valence-corrected chi connectivity index (χ4v) is 2.06. The summed E-state index contributed by atoms with van der Waals surface area (Å²) in [5.74, 6) is 0.318. The summed E-state index contributed by atoms with van der Waals surface area (Å²) in [7, 11) is 0. The number of carbonyl (C=O) groups is 1. The fraction of sp³-hybridized carbons (Fsp3) is 0.267. The molecule has 0 amide bonds. The van der Waals surface area contributed by atoms with Crippen molar-refractivity contribution in [3.8, 4) is 0 Å². The van der Waals surface area contributed by atoms with Gasteiger partial charge >= 0.3 is 5.97 Å². The van der Waals surface area contributed by atoms with Crippen LogP contribution in [-0.2, 0) is 11.2 Å². The van der Waals surface area contributed by atoms with Crippen molar-refractivity contribution in [1.29, 1.82) is 0 Å². The first-order valence-electron chi connectivity index (χ1n) is 6.34. The molecule has 1 aromatic carbocycles. The lowest BCUT2D eigenvalue weighted by Gasteiger charge is -2.06. The van der Waals surface area contributed by atoms with E-state index in [-0.39, 0.29) is 5.97 Å². The van der Waals surface area contributed by atoms with Gasteiger partial charge in [0.25, 0.3) is 0 Å². The van der Waals surface area contributed by atoms with Gasteiger partial charge in [-0.3, -0.25) is 0 Å². The molecule has 0 saturated carbocycles. The molecule has 2 aromatic rings. The number of esters is 1. The zero-order chi connectivity index (χ0) is 14.5. The molecule has 0 radical (unpaired) electrons. The number of hydrogen-bond acceptors (Lipinski definition) is 4. The lowest BCUT2D eigenvalue weighted by molar-refractivity contribution is 0.0524. The van der Waals surface area contributed by atoms with E-state index >= 15 is 0 Å². The highest BCUT2D eigenvalue weighted by molar-refractivity contribution is 9.10. The Morgan fingerprint density at radius 3 is 2.60 bits per heavy atom. The number of aromatic nitrogens is 2. The normalized spacial score (nSPS) is 10.3. The summed E-state index contributed by atoms with van der Waals surface area (Å²) in [6, 6.07) is 7.99. The van der Waals surface area contributed by atoms with E-state index in [1.54, 1.807) is 13.8 Å². The molecule has 2 rings (SSSR count). The van der Waals surface area contributed by atoms with E-state index in [2.05, 4.69) is 25.9 Å². The Morgan fingerprint density at radius 2 is 2.00 bits per heavy atom. The summed E-state index contributed by atoms with van der Waals surface area (Å²) in [4.78, 5) is 20.3. The van der Waals surface area contributed by atoms with E-state index in [4.69, 9.17) is 4.74 Å². The number of nitrogens with zero attached hydrogens (tertiary/aromatic N) is 2. The SMILES string of the molecule is CCOC(=O)c1cnc(Cc2ccc(Br)cc2)nc1C. The number of carbonyl (C=O) groups excluding carboxylic acids is 1. The average Bonchev–Trinajstić information content (AvgIpc) is 2.42. The second kappa shape index (κ2) is 6.61. The molecular weight excluding hydrogens is 320 g/mol.